The third-order valence-corrected chi connectivity index (χ3v) is 4.32. The molecule has 0 aliphatic carbocycles. The molecule has 4 rings (SSSR count). The lowest BCUT2D eigenvalue weighted by Crippen LogP contribution is -2.49. The molecule has 2 aromatic carbocycles. The third-order valence-electron chi connectivity index (χ3n) is 4.32. The number of carbonyl (C=O) groups excluding carboxylic acids is 1. The maximum Gasteiger partial charge on any atom is 0.263 e. The summed E-state index contributed by atoms with van der Waals surface area (Å²) < 4.78 is 5.44. The Balaban J connectivity index is 1.74. The van der Waals surface area contributed by atoms with E-state index in [1.165, 1.54) is 0 Å². The van der Waals surface area contributed by atoms with E-state index in [1.807, 2.05) is 60.7 Å². The molecule has 1 amide bonds. The lowest BCUT2D eigenvalue weighted by atomic mass is 10.1. The molecule has 0 spiro atoms. The van der Waals surface area contributed by atoms with E-state index in [2.05, 4.69) is 4.90 Å². The monoisotopic (exact) mass is 321 g/mol. The predicted molar refractivity (Wildman–Crippen MR) is 92.9 cm³/mol. The van der Waals surface area contributed by atoms with E-state index in [0.717, 1.165) is 30.3 Å². The fourth-order valence-electron chi connectivity index (χ4n) is 3.11. The second kappa shape index (κ2) is 6.45. The van der Waals surface area contributed by atoms with E-state index < -0.39 is 6.04 Å². The average Bonchev–Trinajstić information content (AvgIpc) is 3.01. The van der Waals surface area contributed by atoms with Crippen molar-refractivity contribution in [3.8, 4) is 0 Å². The highest BCUT2D eigenvalue weighted by molar-refractivity contribution is 6.22. The van der Waals surface area contributed by atoms with Gasteiger partial charge in [-0.3, -0.25) is 4.79 Å². The van der Waals surface area contributed by atoms with Crippen LogP contribution in [-0.4, -0.2) is 43.1 Å². The van der Waals surface area contributed by atoms with Crippen molar-refractivity contribution in [2.45, 2.75) is 6.04 Å². The van der Waals surface area contributed by atoms with Gasteiger partial charge in [0.1, 0.15) is 0 Å². The van der Waals surface area contributed by atoms with Crippen LogP contribution in [0.4, 0.5) is 5.69 Å². The van der Waals surface area contributed by atoms with E-state index in [9.17, 15) is 4.79 Å². The number of benzene rings is 2. The van der Waals surface area contributed by atoms with E-state index in [4.69, 9.17) is 9.73 Å². The number of amides is 1. The van der Waals surface area contributed by atoms with Gasteiger partial charge in [-0.15, -0.1) is 0 Å². The number of aliphatic imine (C=N–C) groups is 1. The van der Waals surface area contributed by atoms with Crippen molar-refractivity contribution < 1.29 is 9.53 Å². The van der Waals surface area contributed by atoms with Gasteiger partial charge in [-0.05, 0) is 17.7 Å². The molecule has 0 bridgehead atoms. The van der Waals surface area contributed by atoms with Crippen LogP contribution in [0.25, 0.3) is 0 Å². The molecule has 0 radical (unpaired) electrons. The van der Waals surface area contributed by atoms with Crippen molar-refractivity contribution >= 4 is 17.6 Å². The highest BCUT2D eigenvalue weighted by Crippen LogP contribution is 2.31. The van der Waals surface area contributed by atoms with Gasteiger partial charge in [-0.1, -0.05) is 48.5 Å². The summed E-state index contributed by atoms with van der Waals surface area (Å²) in [5.74, 6) is 0.720. The number of anilines is 1. The minimum absolute atomic E-state index is 0.00566. The molecule has 2 aliphatic heterocycles. The molecule has 0 aromatic heterocycles. The Morgan fingerprint density at radius 3 is 2.21 bits per heavy atom. The standard InChI is InChI=1S/C19H19N3O2/c23-18-17(15-7-3-1-4-8-15)20-19(21-11-13-24-14-12-21)22(18)16-9-5-2-6-10-16/h1-10,17H,11-14H2. The lowest BCUT2D eigenvalue weighted by Gasteiger charge is -2.32. The first-order chi connectivity index (χ1) is 11.8. The summed E-state index contributed by atoms with van der Waals surface area (Å²) in [5.41, 5.74) is 1.78. The molecule has 1 fully saturated rings. The molecule has 2 aromatic rings. The first kappa shape index (κ1) is 14.9. The number of ether oxygens (including phenoxy) is 1. The molecule has 0 saturated carbocycles. The topological polar surface area (TPSA) is 45.1 Å². The van der Waals surface area contributed by atoms with Crippen LogP contribution in [0.15, 0.2) is 65.7 Å². The second-order valence-electron chi connectivity index (χ2n) is 5.85. The third kappa shape index (κ3) is 2.67. The van der Waals surface area contributed by atoms with Gasteiger partial charge >= 0.3 is 0 Å². The van der Waals surface area contributed by atoms with Crippen molar-refractivity contribution in [1.82, 2.24) is 4.90 Å². The molecule has 24 heavy (non-hydrogen) atoms. The van der Waals surface area contributed by atoms with Gasteiger partial charge in [0.25, 0.3) is 5.91 Å². The maximum atomic E-state index is 13.1. The molecular weight excluding hydrogens is 302 g/mol. The Morgan fingerprint density at radius 1 is 0.917 bits per heavy atom. The van der Waals surface area contributed by atoms with Crippen LogP contribution < -0.4 is 4.90 Å². The largest absolute Gasteiger partial charge is 0.378 e. The van der Waals surface area contributed by atoms with Crippen molar-refractivity contribution in [3.05, 3.63) is 66.2 Å². The zero-order valence-corrected chi connectivity index (χ0v) is 13.3. The quantitative estimate of drug-likeness (QED) is 0.853. The SMILES string of the molecule is O=C1C(c2ccccc2)N=C(N2CCOCC2)N1c1ccccc1. The summed E-state index contributed by atoms with van der Waals surface area (Å²) in [6, 6.07) is 19.0. The molecule has 1 atom stereocenters. The van der Waals surface area contributed by atoms with Crippen LogP contribution in [0.3, 0.4) is 0 Å². The Bertz CT molecular complexity index is 740. The van der Waals surface area contributed by atoms with Crippen LogP contribution in [0.2, 0.25) is 0 Å². The highest BCUT2D eigenvalue weighted by atomic mass is 16.5. The molecule has 1 unspecified atom stereocenters. The number of nitrogens with zero attached hydrogens (tertiary/aromatic N) is 3. The summed E-state index contributed by atoms with van der Waals surface area (Å²) in [7, 11) is 0. The fourth-order valence-corrected chi connectivity index (χ4v) is 3.11. The second-order valence-corrected chi connectivity index (χ2v) is 5.85. The number of para-hydroxylation sites is 1. The molecule has 2 aliphatic rings. The molecule has 5 nitrogen and oxygen atoms in total. The molecule has 0 N–H and O–H groups in total. The maximum absolute atomic E-state index is 13.1. The van der Waals surface area contributed by atoms with Gasteiger partial charge in [-0.25, -0.2) is 9.89 Å². The van der Waals surface area contributed by atoms with E-state index in [1.54, 1.807) is 4.90 Å². The first-order valence-electron chi connectivity index (χ1n) is 8.19. The first-order valence-corrected chi connectivity index (χ1v) is 8.19. The van der Waals surface area contributed by atoms with Crippen LogP contribution in [0.5, 0.6) is 0 Å². The summed E-state index contributed by atoms with van der Waals surface area (Å²) >= 11 is 0. The van der Waals surface area contributed by atoms with Gasteiger partial charge < -0.3 is 9.64 Å². The van der Waals surface area contributed by atoms with Gasteiger partial charge in [0.15, 0.2) is 6.04 Å². The van der Waals surface area contributed by atoms with Crippen molar-refractivity contribution in [2.24, 2.45) is 4.99 Å². The predicted octanol–water partition coefficient (Wildman–Crippen LogP) is 2.46. The van der Waals surface area contributed by atoms with Crippen LogP contribution >= 0.6 is 0 Å². The molecule has 1 saturated heterocycles. The van der Waals surface area contributed by atoms with Crippen LogP contribution in [0.1, 0.15) is 11.6 Å². The molecule has 5 heteroatoms. The van der Waals surface area contributed by atoms with E-state index >= 15 is 0 Å². The molecule has 2 heterocycles. The fraction of sp³-hybridized carbons (Fsp3) is 0.263. The molecule has 122 valence electrons. The minimum Gasteiger partial charge on any atom is -0.378 e. The Morgan fingerprint density at radius 2 is 1.54 bits per heavy atom. The zero-order chi connectivity index (χ0) is 16.4. The van der Waals surface area contributed by atoms with Gasteiger partial charge in [0, 0.05) is 13.1 Å². The summed E-state index contributed by atoms with van der Waals surface area (Å²) in [6.07, 6.45) is 0. The van der Waals surface area contributed by atoms with E-state index in [0.29, 0.717) is 13.2 Å². The smallest absolute Gasteiger partial charge is 0.263 e. The van der Waals surface area contributed by atoms with Gasteiger partial charge in [0.2, 0.25) is 5.96 Å². The summed E-state index contributed by atoms with van der Waals surface area (Å²) in [5, 5.41) is 0. The van der Waals surface area contributed by atoms with Gasteiger partial charge in [-0.2, -0.15) is 0 Å². The summed E-state index contributed by atoms with van der Waals surface area (Å²) in [4.78, 5) is 21.8. The number of hydrogen-bond acceptors (Lipinski definition) is 4. The van der Waals surface area contributed by atoms with Gasteiger partial charge in [0.05, 0.1) is 18.9 Å². The number of carbonyl (C=O) groups is 1. The number of hydrogen-bond donors (Lipinski definition) is 0. The van der Waals surface area contributed by atoms with E-state index in [-0.39, 0.29) is 5.91 Å². The Labute approximate surface area is 141 Å². The number of guanidine groups is 1. The summed E-state index contributed by atoms with van der Waals surface area (Å²) in [6.45, 7) is 2.81. The Kier molecular flexibility index (Phi) is 4.01. The number of rotatable bonds is 2. The highest BCUT2D eigenvalue weighted by Gasteiger charge is 2.39. The van der Waals surface area contributed by atoms with Crippen molar-refractivity contribution in [2.75, 3.05) is 31.2 Å². The van der Waals surface area contributed by atoms with Crippen LogP contribution in [0, 0.1) is 0 Å². The normalized spacial score (nSPS) is 21.1. The van der Waals surface area contributed by atoms with Crippen LogP contribution in [-0.2, 0) is 9.53 Å². The average molecular weight is 321 g/mol. The minimum atomic E-state index is -0.482. The van der Waals surface area contributed by atoms with Crippen molar-refractivity contribution in [1.29, 1.82) is 0 Å². The van der Waals surface area contributed by atoms with Crippen molar-refractivity contribution in [3.63, 3.8) is 0 Å². The zero-order valence-electron chi connectivity index (χ0n) is 13.3. The molecular formula is C19H19N3O2. The Hall–Kier alpha value is -2.66. The number of morpholine rings is 1. The lowest BCUT2D eigenvalue weighted by molar-refractivity contribution is -0.118.